The minimum atomic E-state index is 0.661. The lowest BCUT2D eigenvalue weighted by molar-refractivity contribution is 0.787. The molecule has 2 aromatic rings. The fourth-order valence-corrected chi connectivity index (χ4v) is 1.92. The van der Waals surface area contributed by atoms with E-state index in [1.165, 1.54) is 5.56 Å². The van der Waals surface area contributed by atoms with E-state index in [9.17, 15) is 0 Å². The fourth-order valence-electron chi connectivity index (χ4n) is 1.79. The van der Waals surface area contributed by atoms with Crippen molar-refractivity contribution in [1.82, 2.24) is 20.1 Å². The van der Waals surface area contributed by atoms with E-state index in [1.54, 1.807) is 10.9 Å². The maximum absolute atomic E-state index is 6.03. The van der Waals surface area contributed by atoms with Crippen LogP contribution in [0.4, 0.5) is 0 Å². The molecule has 0 bridgehead atoms. The van der Waals surface area contributed by atoms with E-state index < -0.39 is 0 Å². The SMILES string of the molecule is CCc1cc(CNC)cc(-n2cc(Cl)c(C)n2)n1. The van der Waals surface area contributed by atoms with E-state index in [1.807, 2.05) is 20.0 Å². The second-order valence-electron chi connectivity index (χ2n) is 4.22. The molecule has 1 N–H and O–H groups in total. The molecule has 5 heteroatoms. The molecule has 0 spiro atoms. The molecule has 0 fully saturated rings. The van der Waals surface area contributed by atoms with Gasteiger partial charge in [-0.05, 0) is 38.1 Å². The van der Waals surface area contributed by atoms with Gasteiger partial charge in [-0.15, -0.1) is 0 Å². The molecule has 0 aliphatic heterocycles. The number of hydrogen-bond donors (Lipinski definition) is 1. The third-order valence-corrected chi connectivity index (χ3v) is 3.11. The number of pyridine rings is 1. The van der Waals surface area contributed by atoms with Crippen molar-refractivity contribution < 1.29 is 0 Å². The van der Waals surface area contributed by atoms with Gasteiger partial charge in [0.15, 0.2) is 5.82 Å². The van der Waals surface area contributed by atoms with Crippen LogP contribution in [0.1, 0.15) is 23.9 Å². The summed E-state index contributed by atoms with van der Waals surface area (Å²) in [7, 11) is 1.93. The Morgan fingerprint density at radius 2 is 2.17 bits per heavy atom. The first-order valence-electron chi connectivity index (χ1n) is 6.00. The zero-order valence-corrected chi connectivity index (χ0v) is 11.6. The number of aromatic nitrogens is 3. The fraction of sp³-hybridized carbons (Fsp3) is 0.385. The number of halogens is 1. The molecular formula is C13H17ClN4. The van der Waals surface area contributed by atoms with Crippen LogP contribution < -0.4 is 5.32 Å². The maximum atomic E-state index is 6.03. The normalized spacial score (nSPS) is 10.9. The molecule has 2 heterocycles. The Labute approximate surface area is 112 Å². The summed E-state index contributed by atoms with van der Waals surface area (Å²) in [6.45, 7) is 4.80. The number of aryl methyl sites for hydroxylation is 2. The molecule has 18 heavy (non-hydrogen) atoms. The first kappa shape index (κ1) is 13.1. The highest BCUT2D eigenvalue weighted by molar-refractivity contribution is 6.31. The van der Waals surface area contributed by atoms with Crippen molar-refractivity contribution >= 4 is 11.6 Å². The summed E-state index contributed by atoms with van der Waals surface area (Å²) in [5.41, 5.74) is 3.07. The molecule has 2 rings (SSSR count). The molecule has 0 radical (unpaired) electrons. The smallest absolute Gasteiger partial charge is 0.153 e. The summed E-state index contributed by atoms with van der Waals surface area (Å²) >= 11 is 6.03. The second-order valence-corrected chi connectivity index (χ2v) is 4.62. The Hall–Kier alpha value is -1.39. The lowest BCUT2D eigenvalue weighted by atomic mass is 10.2. The summed E-state index contributed by atoms with van der Waals surface area (Å²) in [5, 5.41) is 8.17. The van der Waals surface area contributed by atoms with Crippen molar-refractivity contribution in [2.24, 2.45) is 0 Å². The maximum Gasteiger partial charge on any atom is 0.153 e. The quantitative estimate of drug-likeness (QED) is 0.923. The lowest BCUT2D eigenvalue weighted by Gasteiger charge is -2.07. The largest absolute Gasteiger partial charge is 0.316 e. The lowest BCUT2D eigenvalue weighted by Crippen LogP contribution is -2.08. The van der Waals surface area contributed by atoms with Crippen LogP contribution in [0.2, 0.25) is 5.02 Å². The minimum Gasteiger partial charge on any atom is -0.316 e. The van der Waals surface area contributed by atoms with Gasteiger partial charge < -0.3 is 5.32 Å². The van der Waals surface area contributed by atoms with Crippen LogP contribution in [-0.2, 0) is 13.0 Å². The van der Waals surface area contributed by atoms with Crippen LogP contribution in [0.25, 0.3) is 5.82 Å². The summed E-state index contributed by atoms with van der Waals surface area (Å²) < 4.78 is 1.73. The number of hydrogen-bond acceptors (Lipinski definition) is 3. The molecule has 0 saturated carbocycles. The molecule has 0 atom stereocenters. The Morgan fingerprint density at radius 3 is 2.72 bits per heavy atom. The van der Waals surface area contributed by atoms with Crippen molar-refractivity contribution in [1.29, 1.82) is 0 Å². The van der Waals surface area contributed by atoms with Crippen molar-refractivity contribution in [3.8, 4) is 5.82 Å². The van der Waals surface area contributed by atoms with Gasteiger partial charge in [0.25, 0.3) is 0 Å². The molecular weight excluding hydrogens is 248 g/mol. The van der Waals surface area contributed by atoms with Gasteiger partial charge in [-0.1, -0.05) is 18.5 Å². The highest BCUT2D eigenvalue weighted by Crippen LogP contribution is 2.17. The van der Waals surface area contributed by atoms with E-state index in [-0.39, 0.29) is 0 Å². The molecule has 2 aromatic heterocycles. The number of rotatable bonds is 4. The van der Waals surface area contributed by atoms with Crippen molar-refractivity contribution in [3.05, 3.63) is 40.3 Å². The Bertz CT molecular complexity index is 528. The van der Waals surface area contributed by atoms with Crippen LogP contribution in [0, 0.1) is 6.92 Å². The van der Waals surface area contributed by atoms with E-state index in [0.717, 1.165) is 30.2 Å². The Balaban J connectivity index is 2.45. The van der Waals surface area contributed by atoms with Gasteiger partial charge >= 0.3 is 0 Å². The standard InChI is InChI=1S/C13H17ClN4/c1-4-11-5-10(7-15-3)6-13(16-11)18-8-12(14)9(2)17-18/h5-6,8,15H,4,7H2,1-3H3. The van der Waals surface area contributed by atoms with Gasteiger partial charge in [-0.2, -0.15) is 5.10 Å². The highest BCUT2D eigenvalue weighted by Gasteiger charge is 2.07. The molecule has 0 saturated heterocycles. The van der Waals surface area contributed by atoms with Gasteiger partial charge in [0.1, 0.15) is 0 Å². The summed E-state index contributed by atoms with van der Waals surface area (Å²) in [6, 6.07) is 4.14. The van der Waals surface area contributed by atoms with Gasteiger partial charge in [0.05, 0.1) is 16.9 Å². The average molecular weight is 265 g/mol. The van der Waals surface area contributed by atoms with E-state index in [0.29, 0.717) is 5.02 Å². The topological polar surface area (TPSA) is 42.7 Å². The van der Waals surface area contributed by atoms with E-state index in [4.69, 9.17) is 11.6 Å². The third kappa shape index (κ3) is 2.71. The van der Waals surface area contributed by atoms with E-state index >= 15 is 0 Å². The summed E-state index contributed by atoms with van der Waals surface area (Å²) in [5.74, 6) is 0.814. The molecule has 0 amide bonds. The first-order chi connectivity index (χ1) is 8.63. The minimum absolute atomic E-state index is 0.661. The second kappa shape index (κ2) is 5.50. The van der Waals surface area contributed by atoms with Crippen LogP contribution in [0.5, 0.6) is 0 Å². The number of nitrogens with one attached hydrogen (secondary N) is 1. The Morgan fingerprint density at radius 1 is 1.39 bits per heavy atom. The van der Waals surface area contributed by atoms with Crippen molar-refractivity contribution in [2.75, 3.05) is 7.05 Å². The zero-order valence-electron chi connectivity index (χ0n) is 10.9. The molecule has 4 nitrogen and oxygen atoms in total. The number of nitrogens with zero attached hydrogens (tertiary/aromatic N) is 3. The van der Waals surface area contributed by atoms with Gasteiger partial charge in [0.2, 0.25) is 0 Å². The first-order valence-corrected chi connectivity index (χ1v) is 6.38. The average Bonchev–Trinajstić information content (AvgIpc) is 2.70. The summed E-state index contributed by atoms with van der Waals surface area (Å²) in [6.07, 6.45) is 2.69. The van der Waals surface area contributed by atoms with Crippen molar-refractivity contribution in [3.63, 3.8) is 0 Å². The van der Waals surface area contributed by atoms with Gasteiger partial charge in [-0.25, -0.2) is 9.67 Å². The highest BCUT2D eigenvalue weighted by atomic mass is 35.5. The van der Waals surface area contributed by atoms with Crippen molar-refractivity contribution in [2.45, 2.75) is 26.8 Å². The van der Waals surface area contributed by atoms with Gasteiger partial charge in [-0.3, -0.25) is 0 Å². The Kier molecular flexibility index (Phi) is 3.99. The molecule has 0 aliphatic carbocycles. The molecule has 0 aliphatic rings. The molecule has 96 valence electrons. The van der Waals surface area contributed by atoms with Crippen LogP contribution in [0.15, 0.2) is 18.3 Å². The van der Waals surface area contributed by atoms with Gasteiger partial charge in [0, 0.05) is 12.2 Å². The van der Waals surface area contributed by atoms with E-state index in [2.05, 4.69) is 28.4 Å². The van der Waals surface area contributed by atoms with Crippen LogP contribution in [0.3, 0.4) is 0 Å². The summed E-state index contributed by atoms with van der Waals surface area (Å²) in [4.78, 5) is 4.57. The third-order valence-electron chi connectivity index (χ3n) is 2.74. The zero-order chi connectivity index (χ0) is 13.1. The van der Waals surface area contributed by atoms with Crippen LogP contribution >= 0.6 is 11.6 Å². The van der Waals surface area contributed by atoms with Crippen LogP contribution in [-0.4, -0.2) is 21.8 Å². The monoisotopic (exact) mass is 264 g/mol. The predicted octanol–water partition coefficient (Wildman–Crippen LogP) is 2.51. The molecule has 0 aromatic carbocycles. The molecule has 0 unspecified atom stereocenters. The predicted molar refractivity (Wildman–Crippen MR) is 73.2 cm³/mol.